The second-order valence-corrected chi connectivity index (χ2v) is 6.40. The van der Waals surface area contributed by atoms with Crippen LogP contribution in [0.3, 0.4) is 0 Å². The number of carbonyl (C=O) groups excluding carboxylic acids is 1. The van der Waals surface area contributed by atoms with Gasteiger partial charge in [-0.05, 0) is 13.8 Å². The van der Waals surface area contributed by atoms with Gasteiger partial charge in [0.2, 0.25) is 5.91 Å². The van der Waals surface area contributed by atoms with Crippen LogP contribution in [0, 0.1) is 13.8 Å². The summed E-state index contributed by atoms with van der Waals surface area (Å²) in [5.74, 6) is 0.238. The van der Waals surface area contributed by atoms with Crippen molar-refractivity contribution >= 4 is 33.2 Å². The molecule has 0 bridgehead atoms. The first kappa shape index (κ1) is 11.1. The molecule has 0 spiro atoms. The number of thiazole rings is 1. The van der Waals surface area contributed by atoms with E-state index in [0.717, 1.165) is 23.8 Å². The Morgan fingerprint density at radius 2 is 2.33 bits per heavy atom. The quantitative estimate of drug-likeness (QED) is 0.782. The average Bonchev–Trinajstić information content (AvgIpc) is 2.58. The lowest BCUT2D eigenvalue weighted by Gasteiger charge is -2.14. The van der Waals surface area contributed by atoms with Gasteiger partial charge in [-0.1, -0.05) is 15.9 Å². The van der Waals surface area contributed by atoms with Crippen LogP contribution >= 0.6 is 27.3 Å². The van der Waals surface area contributed by atoms with E-state index in [9.17, 15) is 4.79 Å². The Labute approximate surface area is 102 Å². The average molecular weight is 289 g/mol. The second kappa shape index (κ2) is 4.22. The number of hydrogen-bond donors (Lipinski definition) is 0. The predicted octanol–water partition coefficient (Wildman–Crippen LogP) is 2.26. The van der Waals surface area contributed by atoms with Crippen LogP contribution in [-0.2, 0) is 11.3 Å². The van der Waals surface area contributed by atoms with Crippen LogP contribution < -0.4 is 0 Å². The third-order valence-electron chi connectivity index (χ3n) is 2.50. The molecular formula is C10H13BrN2OS. The van der Waals surface area contributed by atoms with E-state index >= 15 is 0 Å². The Morgan fingerprint density at radius 3 is 2.80 bits per heavy atom. The van der Waals surface area contributed by atoms with Crippen molar-refractivity contribution in [2.75, 3.05) is 6.54 Å². The van der Waals surface area contributed by atoms with Gasteiger partial charge in [0.15, 0.2) is 0 Å². The molecule has 3 nitrogen and oxygen atoms in total. The number of aromatic nitrogens is 1. The molecule has 82 valence electrons. The third-order valence-corrected chi connectivity index (χ3v) is 4.17. The SMILES string of the molecule is Cc1nc(C)c(CN2CC(Br)CC2=O)s1. The van der Waals surface area contributed by atoms with Crippen LogP contribution in [0.2, 0.25) is 0 Å². The zero-order chi connectivity index (χ0) is 11.0. The van der Waals surface area contributed by atoms with Gasteiger partial charge in [-0.15, -0.1) is 11.3 Å². The smallest absolute Gasteiger partial charge is 0.224 e. The zero-order valence-corrected chi connectivity index (χ0v) is 11.2. The van der Waals surface area contributed by atoms with Gasteiger partial charge in [-0.3, -0.25) is 4.79 Å². The molecule has 1 fully saturated rings. The van der Waals surface area contributed by atoms with E-state index in [0.29, 0.717) is 11.2 Å². The van der Waals surface area contributed by atoms with Crippen LogP contribution in [-0.4, -0.2) is 27.2 Å². The first-order chi connectivity index (χ1) is 7.06. The number of alkyl halides is 1. The number of amides is 1. The lowest BCUT2D eigenvalue weighted by molar-refractivity contribution is -0.128. The molecule has 1 atom stereocenters. The van der Waals surface area contributed by atoms with E-state index in [-0.39, 0.29) is 5.91 Å². The highest BCUT2D eigenvalue weighted by molar-refractivity contribution is 9.09. The third kappa shape index (κ3) is 2.39. The summed E-state index contributed by atoms with van der Waals surface area (Å²) in [4.78, 5) is 19.4. The Bertz CT molecular complexity index is 391. The molecule has 1 unspecified atom stereocenters. The standard InChI is InChI=1S/C10H13BrN2OS/c1-6-9(15-7(2)12-6)5-13-4-8(11)3-10(13)14/h8H,3-5H2,1-2H3. The van der Waals surface area contributed by atoms with E-state index in [1.165, 1.54) is 4.88 Å². The van der Waals surface area contributed by atoms with E-state index in [1.54, 1.807) is 11.3 Å². The normalized spacial score (nSPS) is 21.4. The van der Waals surface area contributed by atoms with Crippen molar-refractivity contribution in [1.82, 2.24) is 9.88 Å². The molecule has 2 rings (SSSR count). The zero-order valence-electron chi connectivity index (χ0n) is 8.79. The molecule has 15 heavy (non-hydrogen) atoms. The van der Waals surface area contributed by atoms with Gasteiger partial charge >= 0.3 is 0 Å². The van der Waals surface area contributed by atoms with Crippen LogP contribution in [0.1, 0.15) is 22.0 Å². The number of halogens is 1. The fraction of sp³-hybridized carbons (Fsp3) is 0.600. The van der Waals surface area contributed by atoms with E-state index in [1.807, 2.05) is 18.7 Å². The molecule has 1 aliphatic heterocycles. The molecule has 0 aliphatic carbocycles. The molecule has 1 aliphatic rings. The molecule has 1 amide bonds. The van der Waals surface area contributed by atoms with Gasteiger partial charge in [-0.25, -0.2) is 4.98 Å². The Balaban J connectivity index is 2.09. The highest BCUT2D eigenvalue weighted by Crippen LogP contribution is 2.24. The molecule has 1 saturated heterocycles. The maximum atomic E-state index is 11.6. The summed E-state index contributed by atoms with van der Waals surface area (Å²) in [6.07, 6.45) is 0.622. The Kier molecular flexibility index (Phi) is 3.11. The fourth-order valence-electron chi connectivity index (χ4n) is 1.77. The lowest BCUT2D eigenvalue weighted by Crippen LogP contribution is -2.24. The van der Waals surface area contributed by atoms with Crippen molar-refractivity contribution in [3.63, 3.8) is 0 Å². The van der Waals surface area contributed by atoms with Crippen LogP contribution in [0.5, 0.6) is 0 Å². The first-order valence-electron chi connectivity index (χ1n) is 4.91. The highest BCUT2D eigenvalue weighted by atomic mass is 79.9. The van der Waals surface area contributed by atoms with Gasteiger partial charge < -0.3 is 4.90 Å². The fourth-order valence-corrected chi connectivity index (χ4v) is 3.35. The minimum atomic E-state index is 0.238. The maximum absolute atomic E-state index is 11.6. The van der Waals surface area contributed by atoms with Crippen molar-refractivity contribution in [1.29, 1.82) is 0 Å². The predicted molar refractivity (Wildman–Crippen MR) is 64.3 cm³/mol. The summed E-state index contributed by atoms with van der Waals surface area (Å²) in [6, 6.07) is 0. The van der Waals surface area contributed by atoms with Crippen LogP contribution in [0.4, 0.5) is 0 Å². The van der Waals surface area contributed by atoms with Crippen molar-refractivity contribution < 1.29 is 4.79 Å². The number of likely N-dealkylation sites (tertiary alicyclic amines) is 1. The van der Waals surface area contributed by atoms with Gasteiger partial charge in [0, 0.05) is 22.7 Å². The molecular weight excluding hydrogens is 276 g/mol. The molecule has 1 aromatic rings. The molecule has 0 aromatic carbocycles. The van der Waals surface area contributed by atoms with Gasteiger partial charge in [0.1, 0.15) is 0 Å². The summed E-state index contributed by atoms with van der Waals surface area (Å²) in [5.41, 5.74) is 1.06. The van der Waals surface area contributed by atoms with Gasteiger partial charge in [-0.2, -0.15) is 0 Å². The summed E-state index contributed by atoms with van der Waals surface area (Å²) in [5, 5.41) is 1.07. The molecule has 5 heteroatoms. The minimum absolute atomic E-state index is 0.238. The van der Waals surface area contributed by atoms with Crippen molar-refractivity contribution in [3.05, 3.63) is 15.6 Å². The molecule has 0 radical (unpaired) electrons. The van der Waals surface area contributed by atoms with Crippen molar-refractivity contribution in [3.8, 4) is 0 Å². The van der Waals surface area contributed by atoms with Crippen LogP contribution in [0.15, 0.2) is 0 Å². The van der Waals surface area contributed by atoms with Gasteiger partial charge in [0.25, 0.3) is 0 Å². The topological polar surface area (TPSA) is 33.2 Å². The lowest BCUT2D eigenvalue weighted by atomic mass is 10.3. The van der Waals surface area contributed by atoms with Crippen molar-refractivity contribution in [2.24, 2.45) is 0 Å². The highest BCUT2D eigenvalue weighted by Gasteiger charge is 2.28. The molecule has 1 aromatic heterocycles. The second-order valence-electron chi connectivity index (χ2n) is 3.82. The largest absolute Gasteiger partial charge is 0.336 e. The number of hydrogen-bond acceptors (Lipinski definition) is 3. The number of nitrogens with zero attached hydrogens (tertiary/aromatic N) is 2. The first-order valence-corrected chi connectivity index (χ1v) is 6.64. The Hall–Kier alpha value is -0.420. The molecule has 0 N–H and O–H groups in total. The van der Waals surface area contributed by atoms with E-state index in [4.69, 9.17) is 0 Å². The summed E-state index contributed by atoms with van der Waals surface area (Å²) < 4.78 is 0. The monoisotopic (exact) mass is 288 g/mol. The van der Waals surface area contributed by atoms with E-state index in [2.05, 4.69) is 20.9 Å². The van der Waals surface area contributed by atoms with Crippen molar-refractivity contribution in [2.45, 2.75) is 31.6 Å². The van der Waals surface area contributed by atoms with Gasteiger partial charge in [0.05, 0.1) is 17.2 Å². The number of aryl methyl sites for hydroxylation is 2. The number of carbonyl (C=O) groups is 1. The Morgan fingerprint density at radius 1 is 1.60 bits per heavy atom. The summed E-state index contributed by atoms with van der Waals surface area (Å²) in [7, 11) is 0. The minimum Gasteiger partial charge on any atom is -0.336 e. The summed E-state index contributed by atoms with van der Waals surface area (Å²) >= 11 is 5.17. The number of rotatable bonds is 2. The van der Waals surface area contributed by atoms with Crippen LogP contribution in [0.25, 0.3) is 0 Å². The maximum Gasteiger partial charge on any atom is 0.224 e. The van der Waals surface area contributed by atoms with E-state index < -0.39 is 0 Å². The molecule has 2 heterocycles. The summed E-state index contributed by atoms with van der Waals surface area (Å²) in [6.45, 7) is 5.54. The molecule has 0 saturated carbocycles.